The third-order valence-corrected chi connectivity index (χ3v) is 6.04. The van der Waals surface area contributed by atoms with Crippen molar-refractivity contribution in [2.24, 2.45) is 11.7 Å². The number of rotatable bonds is 4. The largest absolute Gasteiger partial charge is 0.465 e. The summed E-state index contributed by atoms with van der Waals surface area (Å²) in [5.41, 5.74) is 6.60. The zero-order chi connectivity index (χ0) is 16.3. The maximum absolute atomic E-state index is 12.7. The topological polar surface area (TPSA) is 89.7 Å². The third-order valence-electron chi connectivity index (χ3n) is 4.15. The number of piperidine rings is 1. The number of hydrogen-bond acceptors (Lipinski definition) is 5. The second kappa shape index (κ2) is 6.76. The molecule has 1 aliphatic heterocycles. The van der Waals surface area contributed by atoms with Crippen molar-refractivity contribution >= 4 is 16.0 Å². The van der Waals surface area contributed by atoms with Gasteiger partial charge in [-0.1, -0.05) is 0 Å². The molecule has 2 N–H and O–H groups in total. The molecule has 0 radical (unpaired) electrons. The zero-order valence-electron chi connectivity index (χ0n) is 12.9. The fourth-order valence-electron chi connectivity index (χ4n) is 2.67. The average molecular weight is 326 g/mol. The number of hydrogen-bond donors (Lipinski definition) is 1. The molecule has 1 aromatic rings. The van der Waals surface area contributed by atoms with Gasteiger partial charge in [-0.25, -0.2) is 13.2 Å². The Hall–Kier alpha value is -1.44. The van der Waals surface area contributed by atoms with Crippen molar-refractivity contribution in [1.29, 1.82) is 0 Å². The Bertz CT molecular complexity index is 650. The van der Waals surface area contributed by atoms with Crippen LogP contribution in [0.2, 0.25) is 0 Å². The van der Waals surface area contributed by atoms with Gasteiger partial charge < -0.3 is 10.5 Å². The fraction of sp³-hybridized carbons (Fsp3) is 0.533. The standard InChI is InChI=1S/C15H22N2O4S/c1-11-9-13(3-4-14(11)15(18)21-2)22(19,20)17-7-5-12(10-16)6-8-17/h3-4,9,12H,5-8,10,16H2,1-2H3. The molecule has 0 unspecified atom stereocenters. The highest BCUT2D eigenvalue weighted by Crippen LogP contribution is 2.24. The number of ether oxygens (including phenoxy) is 1. The van der Waals surface area contributed by atoms with Crippen molar-refractivity contribution in [2.45, 2.75) is 24.7 Å². The molecular weight excluding hydrogens is 304 g/mol. The zero-order valence-corrected chi connectivity index (χ0v) is 13.7. The number of aryl methyl sites for hydroxylation is 1. The van der Waals surface area contributed by atoms with Gasteiger partial charge in [0.15, 0.2) is 0 Å². The van der Waals surface area contributed by atoms with Crippen molar-refractivity contribution in [1.82, 2.24) is 4.31 Å². The molecule has 1 fully saturated rings. The molecule has 0 aromatic heterocycles. The molecule has 22 heavy (non-hydrogen) atoms. The van der Waals surface area contributed by atoms with Gasteiger partial charge in [0.2, 0.25) is 10.0 Å². The van der Waals surface area contributed by atoms with Crippen LogP contribution in [0.5, 0.6) is 0 Å². The normalized spacial score (nSPS) is 17.4. The highest BCUT2D eigenvalue weighted by atomic mass is 32.2. The van der Waals surface area contributed by atoms with Crippen LogP contribution in [0.1, 0.15) is 28.8 Å². The van der Waals surface area contributed by atoms with Gasteiger partial charge in [0, 0.05) is 13.1 Å². The van der Waals surface area contributed by atoms with E-state index in [0.717, 1.165) is 12.8 Å². The lowest BCUT2D eigenvalue weighted by Crippen LogP contribution is -2.40. The van der Waals surface area contributed by atoms with Gasteiger partial charge in [0.1, 0.15) is 0 Å². The monoisotopic (exact) mass is 326 g/mol. The highest BCUT2D eigenvalue weighted by molar-refractivity contribution is 7.89. The van der Waals surface area contributed by atoms with E-state index in [1.807, 2.05) is 0 Å². The van der Waals surface area contributed by atoms with Gasteiger partial charge >= 0.3 is 5.97 Å². The van der Waals surface area contributed by atoms with E-state index >= 15 is 0 Å². The Morgan fingerprint density at radius 1 is 1.36 bits per heavy atom. The Morgan fingerprint density at radius 3 is 2.50 bits per heavy atom. The van der Waals surface area contributed by atoms with Crippen LogP contribution < -0.4 is 5.73 Å². The van der Waals surface area contributed by atoms with Gasteiger partial charge in [0.05, 0.1) is 17.6 Å². The highest BCUT2D eigenvalue weighted by Gasteiger charge is 2.29. The van der Waals surface area contributed by atoms with Crippen LogP contribution in [-0.4, -0.2) is 45.4 Å². The minimum atomic E-state index is -3.52. The van der Waals surface area contributed by atoms with Crippen molar-refractivity contribution in [3.05, 3.63) is 29.3 Å². The van der Waals surface area contributed by atoms with Crippen LogP contribution in [0, 0.1) is 12.8 Å². The molecule has 1 aromatic carbocycles. The van der Waals surface area contributed by atoms with Crippen molar-refractivity contribution in [2.75, 3.05) is 26.7 Å². The minimum Gasteiger partial charge on any atom is -0.465 e. The molecule has 2 rings (SSSR count). The number of methoxy groups -OCH3 is 1. The van der Waals surface area contributed by atoms with E-state index in [2.05, 4.69) is 4.74 Å². The lowest BCUT2D eigenvalue weighted by molar-refractivity contribution is 0.0600. The summed E-state index contributed by atoms with van der Waals surface area (Å²) in [5.74, 6) is -0.0694. The second-order valence-electron chi connectivity index (χ2n) is 5.55. The smallest absolute Gasteiger partial charge is 0.338 e. The summed E-state index contributed by atoms with van der Waals surface area (Å²) in [7, 11) is -2.23. The SMILES string of the molecule is COC(=O)c1ccc(S(=O)(=O)N2CCC(CN)CC2)cc1C. The number of esters is 1. The summed E-state index contributed by atoms with van der Waals surface area (Å²) in [6.45, 7) is 3.27. The molecule has 1 saturated heterocycles. The number of carbonyl (C=O) groups excluding carboxylic acids is 1. The summed E-state index contributed by atoms with van der Waals surface area (Å²) < 4.78 is 31.5. The lowest BCUT2D eigenvalue weighted by atomic mass is 9.99. The summed E-state index contributed by atoms with van der Waals surface area (Å²) >= 11 is 0. The first-order valence-corrected chi connectivity index (χ1v) is 8.73. The first-order chi connectivity index (χ1) is 10.4. The average Bonchev–Trinajstić information content (AvgIpc) is 2.54. The van der Waals surface area contributed by atoms with E-state index in [1.165, 1.54) is 29.6 Å². The summed E-state index contributed by atoms with van der Waals surface area (Å²) in [6, 6.07) is 4.49. The quantitative estimate of drug-likeness (QED) is 0.838. The molecule has 6 nitrogen and oxygen atoms in total. The van der Waals surface area contributed by atoms with Crippen LogP contribution in [0.25, 0.3) is 0 Å². The van der Waals surface area contributed by atoms with E-state index in [1.54, 1.807) is 6.92 Å². The van der Waals surface area contributed by atoms with E-state index in [4.69, 9.17) is 5.73 Å². The predicted octanol–water partition coefficient (Wildman–Crippen LogP) is 1.14. The van der Waals surface area contributed by atoms with Gasteiger partial charge in [-0.05, 0) is 56.0 Å². The van der Waals surface area contributed by atoms with Crippen LogP contribution in [-0.2, 0) is 14.8 Å². The number of benzene rings is 1. The van der Waals surface area contributed by atoms with Crippen LogP contribution in [0.4, 0.5) is 0 Å². The van der Waals surface area contributed by atoms with Crippen LogP contribution in [0.15, 0.2) is 23.1 Å². The van der Waals surface area contributed by atoms with Gasteiger partial charge in [-0.2, -0.15) is 4.31 Å². The molecule has 0 bridgehead atoms. The molecule has 0 amide bonds. The van der Waals surface area contributed by atoms with Crippen molar-refractivity contribution < 1.29 is 17.9 Å². The Balaban J connectivity index is 2.23. The fourth-order valence-corrected chi connectivity index (χ4v) is 4.23. The molecule has 1 heterocycles. The minimum absolute atomic E-state index is 0.212. The first-order valence-electron chi connectivity index (χ1n) is 7.29. The second-order valence-corrected chi connectivity index (χ2v) is 7.49. The molecule has 0 saturated carbocycles. The summed E-state index contributed by atoms with van der Waals surface area (Å²) in [6.07, 6.45) is 1.57. The molecular formula is C15H22N2O4S. The van der Waals surface area contributed by atoms with E-state index in [9.17, 15) is 13.2 Å². The maximum Gasteiger partial charge on any atom is 0.338 e. The first kappa shape index (κ1) is 16.9. The molecule has 7 heteroatoms. The van der Waals surface area contributed by atoms with Gasteiger partial charge in [0.25, 0.3) is 0 Å². The van der Waals surface area contributed by atoms with Crippen LogP contribution >= 0.6 is 0 Å². The Kier molecular flexibility index (Phi) is 5.20. The number of carbonyl (C=O) groups is 1. The Labute approximate surface area is 131 Å². The Morgan fingerprint density at radius 2 is 2.00 bits per heavy atom. The van der Waals surface area contributed by atoms with Gasteiger partial charge in [-0.3, -0.25) is 0 Å². The van der Waals surface area contributed by atoms with E-state index in [0.29, 0.717) is 36.7 Å². The predicted molar refractivity (Wildman–Crippen MR) is 83.1 cm³/mol. The maximum atomic E-state index is 12.7. The number of sulfonamides is 1. The summed E-state index contributed by atoms with van der Waals surface area (Å²) in [4.78, 5) is 11.8. The van der Waals surface area contributed by atoms with E-state index < -0.39 is 16.0 Å². The molecule has 0 atom stereocenters. The molecule has 1 aliphatic rings. The number of nitrogens with two attached hydrogens (primary N) is 1. The summed E-state index contributed by atoms with van der Waals surface area (Å²) in [5, 5.41) is 0. The molecule has 0 spiro atoms. The van der Waals surface area contributed by atoms with Gasteiger partial charge in [-0.15, -0.1) is 0 Å². The molecule has 122 valence electrons. The van der Waals surface area contributed by atoms with Crippen molar-refractivity contribution in [3.8, 4) is 0 Å². The molecule has 0 aliphatic carbocycles. The lowest BCUT2D eigenvalue weighted by Gasteiger charge is -2.30. The van der Waals surface area contributed by atoms with Crippen LogP contribution in [0.3, 0.4) is 0 Å². The third kappa shape index (κ3) is 3.31. The van der Waals surface area contributed by atoms with Crippen molar-refractivity contribution in [3.63, 3.8) is 0 Å². The number of nitrogens with zero attached hydrogens (tertiary/aromatic N) is 1. The van der Waals surface area contributed by atoms with E-state index in [-0.39, 0.29) is 4.90 Å².